The molecule has 0 unspecified atom stereocenters. The monoisotopic (exact) mass is 1760 g/mol. The molecule has 9 rings (SSSR count). The molecule has 0 saturated carbocycles. The highest BCUT2D eigenvalue weighted by Crippen LogP contribution is 2.31. The molecule has 0 heterocycles. The number of ether oxygens (including phenoxy) is 12. The van der Waals surface area contributed by atoms with Gasteiger partial charge < -0.3 is 56.8 Å². The zero-order chi connectivity index (χ0) is 93.1. The molecule has 684 valence electrons. The number of unbranched alkanes of at least 4 members (excludes halogenated alkanes) is 18. The molecule has 24 nitrogen and oxygen atoms in total. The van der Waals surface area contributed by atoms with Crippen LogP contribution in [0.3, 0.4) is 0 Å². The van der Waals surface area contributed by atoms with Crippen LogP contribution in [0, 0.1) is 20.8 Å². The average Bonchev–Trinajstić information content (AvgIpc) is 0.842. The molecule has 0 aliphatic heterocycles. The first-order chi connectivity index (χ1) is 62.3. The van der Waals surface area contributed by atoms with Crippen molar-refractivity contribution in [2.24, 2.45) is 0 Å². The summed E-state index contributed by atoms with van der Waals surface area (Å²) >= 11 is 0. The topological polar surface area (TPSA) is 316 Å². The van der Waals surface area contributed by atoms with Crippen LogP contribution in [-0.4, -0.2) is 71.6 Å². The van der Waals surface area contributed by atoms with Gasteiger partial charge in [0.1, 0.15) is 69.0 Å². The van der Waals surface area contributed by atoms with Crippen LogP contribution in [0.4, 0.5) is 0 Å². The minimum atomic E-state index is -0.582. The molecule has 24 heteroatoms. The molecular formula is C105H120O24. The van der Waals surface area contributed by atoms with Crippen LogP contribution in [-0.2, 0) is 28.8 Å². The van der Waals surface area contributed by atoms with E-state index in [1.807, 2.05) is 0 Å². The lowest BCUT2D eigenvalue weighted by atomic mass is 10.1. The van der Waals surface area contributed by atoms with Gasteiger partial charge in [-0.1, -0.05) is 157 Å². The number of benzene rings is 9. The smallest absolute Gasteiger partial charge is 0.343 e. The highest BCUT2D eigenvalue weighted by molar-refractivity contribution is 5.95. The van der Waals surface area contributed by atoms with Gasteiger partial charge in [-0.15, -0.1) is 0 Å². The summed E-state index contributed by atoms with van der Waals surface area (Å²) in [6, 6.07) is 51.1. The Kier molecular flexibility index (Phi) is 45.7. The molecule has 0 N–H and O–H groups in total. The van der Waals surface area contributed by atoms with E-state index in [-0.39, 0.29) is 53.1 Å². The maximum Gasteiger partial charge on any atom is 0.343 e. The van der Waals surface area contributed by atoms with Crippen molar-refractivity contribution >= 4 is 71.6 Å². The van der Waals surface area contributed by atoms with Crippen LogP contribution >= 0.6 is 0 Å². The van der Waals surface area contributed by atoms with Crippen LogP contribution in [0.1, 0.15) is 313 Å². The second-order valence-corrected chi connectivity index (χ2v) is 31.0. The van der Waals surface area contributed by atoms with Crippen molar-refractivity contribution < 1.29 is 114 Å². The lowest BCUT2D eigenvalue weighted by Crippen LogP contribution is -2.11. The minimum absolute atomic E-state index is 0.281. The molecule has 0 fully saturated rings. The Morgan fingerprint density at radius 3 is 0.488 bits per heavy atom. The molecule has 9 aromatic rings. The van der Waals surface area contributed by atoms with E-state index in [9.17, 15) is 57.5 Å². The Labute approximate surface area is 756 Å². The van der Waals surface area contributed by atoms with Crippen molar-refractivity contribution in [1.82, 2.24) is 0 Å². The molecule has 0 atom stereocenters. The van der Waals surface area contributed by atoms with Crippen molar-refractivity contribution in [2.75, 3.05) is 0 Å². The van der Waals surface area contributed by atoms with Gasteiger partial charge in [0.25, 0.3) is 0 Å². The molecule has 9 aromatic carbocycles. The van der Waals surface area contributed by atoms with E-state index in [4.69, 9.17) is 56.8 Å². The number of carbonyl (C=O) groups excluding carboxylic acids is 12. The van der Waals surface area contributed by atoms with Crippen molar-refractivity contribution in [3.05, 3.63) is 250 Å². The van der Waals surface area contributed by atoms with E-state index in [2.05, 4.69) is 41.5 Å². The molecule has 0 aliphatic carbocycles. The zero-order valence-electron chi connectivity index (χ0n) is 75.6. The third-order valence-electron chi connectivity index (χ3n) is 20.0. The summed E-state index contributed by atoms with van der Waals surface area (Å²) in [5.41, 5.74) is 3.54. The van der Waals surface area contributed by atoms with Crippen molar-refractivity contribution in [2.45, 2.75) is 255 Å². The summed E-state index contributed by atoms with van der Waals surface area (Å²) in [6.07, 6.45) is 26.1. The number of hydrogen-bond acceptors (Lipinski definition) is 24. The van der Waals surface area contributed by atoms with Crippen molar-refractivity contribution in [3.8, 4) is 69.0 Å². The second kappa shape index (κ2) is 57.4. The highest BCUT2D eigenvalue weighted by atomic mass is 16.6. The van der Waals surface area contributed by atoms with Gasteiger partial charge in [0, 0.05) is 38.5 Å². The molecule has 0 aliphatic rings. The third-order valence-corrected chi connectivity index (χ3v) is 20.0. The van der Waals surface area contributed by atoms with Crippen LogP contribution in [0.25, 0.3) is 0 Å². The average molecular weight is 1770 g/mol. The molecule has 0 radical (unpaired) electrons. The maximum atomic E-state index is 12.7. The van der Waals surface area contributed by atoms with E-state index in [1.54, 1.807) is 142 Å². The minimum Gasteiger partial charge on any atom is -0.427 e. The van der Waals surface area contributed by atoms with Crippen LogP contribution in [0.15, 0.2) is 200 Å². The van der Waals surface area contributed by atoms with E-state index in [1.165, 1.54) is 98.1 Å². The number of esters is 12. The molecule has 129 heavy (non-hydrogen) atoms. The van der Waals surface area contributed by atoms with Crippen LogP contribution in [0.5, 0.6) is 69.0 Å². The Bertz CT molecular complexity index is 5090. The number of hydrogen-bond donors (Lipinski definition) is 0. The molecular weight excluding hydrogens is 1650 g/mol. The van der Waals surface area contributed by atoms with E-state index in [0.29, 0.717) is 140 Å². The van der Waals surface area contributed by atoms with Gasteiger partial charge >= 0.3 is 71.6 Å². The van der Waals surface area contributed by atoms with Crippen LogP contribution < -0.4 is 56.8 Å². The maximum absolute atomic E-state index is 12.7. The first kappa shape index (κ1) is 103. The predicted molar refractivity (Wildman–Crippen MR) is 488 cm³/mol. The van der Waals surface area contributed by atoms with Gasteiger partial charge in [0.2, 0.25) is 0 Å². The molecule has 0 spiro atoms. The van der Waals surface area contributed by atoms with Gasteiger partial charge in [-0.05, 0) is 276 Å². The van der Waals surface area contributed by atoms with Gasteiger partial charge in [0.15, 0.2) is 0 Å². The zero-order valence-corrected chi connectivity index (χ0v) is 75.6. The van der Waals surface area contributed by atoms with Crippen molar-refractivity contribution in [3.63, 3.8) is 0 Å². The fraction of sp³-hybridized carbons (Fsp3) is 0.371. The Morgan fingerprint density at radius 2 is 0.318 bits per heavy atom. The largest absolute Gasteiger partial charge is 0.427 e. The summed E-state index contributed by atoms with van der Waals surface area (Å²) in [5.74, 6) is -1.27. The first-order valence-electron chi connectivity index (χ1n) is 44.9. The Hall–Kier alpha value is -13.4. The standard InChI is InChI=1S/C37H44O8.C35H40O8.C33H36O8/c1-4-6-8-10-12-14-34(38)42-30-20-16-28(17-21-30)36(40)44-32-24-25-33(27(3)26-32)45-37(41)29-18-22-31(23-19-29)43-35(39)15-13-11-9-7-5-2;1-4-6-8-9-11-13-33(37)41-29-20-16-27(17-21-29)35(39)43-31-23-22-30(24-25(31)3)42-34(38)26-14-18-28(19-15-26)40-32(36)12-10-7-5-2;1-4-6-8-10-30(34)38-26-16-12-24(13-17-26)32(36)40-28-20-21-29(23(3)22-28)41-33(37)25-14-18-27(19-15-25)39-31(35)11-9-7-5-2/h16-26H,4-15H2,1-3H3;14-24H,4-13H2,1-3H3;12-22H,4-11H2,1-3H3. The first-order valence-corrected chi connectivity index (χ1v) is 44.9. The van der Waals surface area contributed by atoms with Crippen LogP contribution in [0.2, 0.25) is 0 Å². The third kappa shape index (κ3) is 38.8. The van der Waals surface area contributed by atoms with E-state index >= 15 is 0 Å². The van der Waals surface area contributed by atoms with Crippen molar-refractivity contribution in [1.29, 1.82) is 0 Å². The highest BCUT2D eigenvalue weighted by Gasteiger charge is 2.21. The quantitative estimate of drug-likeness (QED) is 0.0194. The lowest BCUT2D eigenvalue weighted by Gasteiger charge is -2.11. The lowest BCUT2D eigenvalue weighted by molar-refractivity contribution is -0.135. The normalized spacial score (nSPS) is 10.6. The summed E-state index contributed by atoms with van der Waals surface area (Å²) < 4.78 is 65.0. The fourth-order valence-electron chi connectivity index (χ4n) is 12.6. The number of aryl methyl sites for hydroxylation is 3. The van der Waals surface area contributed by atoms with E-state index in [0.717, 1.165) is 135 Å². The van der Waals surface area contributed by atoms with Gasteiger partial charge in [-0.2, -0.15) is 0 Å². The predicted octanol–water partition coefficient (Wildman–Crippen LogP) is 24.6. The number of rotatable bonds is 48. The van der Waals surface area contributed by atoms with E-state index < -0.39 is 35.8 Å². The summed E-state index contributed by atoms with van der Waals surface area (Å²) in [7, 11) is 0. The fourth-order valence-corrected chi connectivity index (χ4v) is 12.6. The molecule has 0 bridgehead atoms. The SMILES string of the molecule is CCCCCC(=O)Oc1ccc(C(=O)Oc2ccc(OC(=O)c3ccc(OC(=O)CCCCC)cc3)c(C)c2)cc1.CCCCCCCC(=O)Oc1ccc(C(=O)Oc2ccc(OC(=O)c3ccc(OC(=O)CCCCC)cc3)cc2C)cc1.CCCCCCCC(=O)Oc1ccc(C(=O)Oc2ccc(OC(=O)c3ccc(OC(=O)CCCCCCC)cc3)c(C)c2)cc1. The Morgan fingerprint density at radius 1 is 0.171 bits per heavy atom. The summed E-state index contributed by atoms with van der Waals surface area (Å²) in [6.45, 7) is 17.8. The molecule has 0 saturated heterocycles. The summed E-state index contributed by atoms with van der Waals surface area (Å²) in [4.78, 5) is 148. The van der Waals surface area contributed by atoms with Gasteiger partial charge in [-0.25, -0.2) is 28.8 Å². The van der Waals surface area contributed by atoms with Gasteiger partial charge in [-0.3, -0.25) is 28.8 Å². The molecule has 0 aromatic heterocycles. The second-order valence-electron chi connectivity index (χ2n) is 31.0. The Balaban J connectivity index is 0.000000265. The number of carbonyl (C=O) groups is 12. The molecule has 0 amide bonds. The summed E-state index contributed by atoms with van der Waals surface area (Å²) in [5, 5.41) is 0. The van der Waals surface area contributed by atoms with Gasteiger partial charge in [0.05, 0.1) is 33.4 Å².